The number of hydrogen-bond donors (Lipinski definition) is 0. The highest BCUT2D eigenvalue weighted by Gasteiger charge is 2.28. The van der Waals surface area contributed by atoms with Gasteiger partial charge in [0, 0.05) is 0 Å². The lowest BCUT2D eigenvalue weighted by Crippen LogP contribution is -2.01. The summed E-state index contributed by atoms with van der Waals surface area (Å²) in [4.78, 5) is 12.1. The number of halogens is 4. The largest absolute Gasteiger partial charge is 0.373 e. The van der Waals surface area contributed by atoms with Crippen LogP contribution in [0.4, 0.5) is 19.0 Å². The van der Waals surface area contributed by atoms with Crippen LogP contribution in [0.3, 0.4) is 0 Å². The van der Waals surface area contributed by atoms with E-state index in [2.05, 4.69) is 20.9 Å². The summed E-state index contributed by atoms with van der Waals surface area (Å²) in [6, 6.07) is 0. The van der Waals surface area contributed by atoms with Gasteiger partial charge in [0.05, 0.1) is 4.47 Å². The van der Waals surface area contributed by atoms with Crippen molar-refractivity contribution >= 4 is 21.7 Å². The van der Waals surface area contributed by atoms with Gasteiger partial charge in [0.1, 0.15) is 5.56 Å². The van der Waals surface area contributed by atoms with Crippen molar-refractivity contribution in [3.05, 3.63) is 32.2 Å². The van der Waals surface area contributed by atoms with Crippen molar-refractivity contribution in [2.45, 2.75) is 6.43 Å². The highest BCUT2D eigenvalue weighted by Crippen LogP contribution is 2.34. The van der Waals surface area contributed by atoms with Gasteiger partial charge in [-0.25, -0.2) is 13.2 Å². The second-order valence-corrected chi connectivity index (χ2v) is 3.01. The Balaban J connectivity index is 3.45. The predicted octanol–water partition coefficient (Wildman–Crippen LogP) is 2.83. The Bertz CT molecular complexity index is 386. The Morgan fingerprint density at radius 2 is 2.14 bits per heavy atom. The smallest absolute Gasteiger partial charge is 0.358 e. The van der Waals surface area contributed by atoms with Crippen molar-refractivity contribution in [1.82, 2.24) is 4.98 Å². The third-order valence-electron chi connectivity index (χ3n) is 1.38. The molecule has 0 amide bonds. The minimum atomic E-state index is -3.16. The first-order chi connectivity index (χ1) is 6.45. The molecular weight excluding hydrogens is 269 g/mol. The molecule has 76 valence electrons. The monoisotopic (exact) mass is 270 g/mol. The molecule has 0 radical (unpaired) electrons. The van der Waals surface area contributed by atoms with Crippen LogP contribution in [0.2, 0.25) is 0 Å². The number of rotatable bonds is 2. The quantitative estimate of drug-likeness (QED) is 0.613. The van der Waals surface area contributed by atoms with Gasteiger partial charge in [-0.2, -0.15) is 0 Å². The summed E-state index contributed by atoms with van der Waals surface area (Å²) >= 11 is 2.50. The van der Waals surface area contributed by atoms with Gasteiger partial charge >= 0.3 is 5.82 Å². The molecule has 0 aliphatic heterocycles. The first kappa shape index (κ1) is 10.9. The number of pyridine rings is 1. The standard InChI is InChI=1S/C6H2BrF3N2O2/c7-4-2(8)1-11-6(12(13)14)3(4)5(9)10/h1,5H. The molecule has 0 aromatic carbocycles. The number of aromatic nitrogens is 1. The fourth-order valence-electron chi connectivity index (χ4n) is 0.810. The van der Waals surface area contributed by atoms with Crippen molar-refractivity contribution in [3.63, 3.8) is 0 Å². The van der Waals surface area contributed by atoms with E-state index in [-0.39, 0.29) is 0 Å². The van der Waals surface area contributed by atoms with Gasteiger partial charge in [0.15, 0.2) is 12.0 Å². The lowest BCUT2D eigenvalue weighted by atomic mass is 10.2. The number of nitro groups is 1. The zero-order valence-corrected chi connectivity index (χ0v) is 7.96. The molecule has 1 rings (SSSR count). The van der Waals surface area contributed by atoms with E-state index in [1.54, 1.807) is 0 Å². The molecule has 0 spiro atoms. The fourth-order valence-corrected chi connectivity index (χ4v) is 1.26. The van der Waals surface area contributed by atoms with Crippen LogP contribution >= 0.6 is 15.9 Å². The normalized spacial score (nSPS) is 10.6. The summed E-state index contributed by atoms with van der Waals surface area (Å²) < 4.78 is 36.7. The van der Waals surface area contributed by atoms with Crippen LogP contribution in [0, 0.1) is 15.9 Å². The fraction of sp³-hybridized carbons (Fsp3) is 0.167. The molecule has 0 N–H and O–H groups in total. The van der Waals surface area contributed by atoms with Crippen LogP contribution in [0.1, 0.15) is 12.0 Å². The van der Waals surface area contributed by atoms with E-state index in [0.717, 1.165) is 0 Å². The van der Waals surface area contributed by atoms with Gasteiger partial charge in [-0.3, -0.25) is 0 Å². The Labute approximate surface area is 84.0 Å². The van der Waals surface area contributed by atoms with E-state index >= 15 is 0 Å². The minimum absolute atomic E-state index is 0.508. The maximum absolute atomic E-state index is 12.7. The number of hydrogen-bond acceptors (Lipinski definition) is 3. The molecule has 8 heteroatoms. The summed E-state index contributed by atoms with van der Waals surface area (Å²) in [5.41, 5.74) is -1.05. The highest BCUT2D eigenvalue weighted by atomic mass is 79.9. The first-order valence-electron chi connectivity index (χ1n) is 3.21. The number of nitrogens with zero attached hydrogens (tertiary/aromatic N) is 2. The molecule has 14 heavy (non-hydrogen) atoms. The van der Waals surface area contributed by atoms with Crippen molar-refractivity contribution in [1.29, 1.82) is 0 Å². The molecule has 0 fully saturated rings. The van der Waals surface area contributed by atoms with Crippen molar-refractivity contribution in [3.8, 4) is 0 Å². The van der Waals surface area contributed by atoms with Gasteiger partial charge < -0.3 is 10.1 Å². The Hall–Kier alpha value is -1.18. The van der Waals surface area contributed by atoms with E-state index in [0.29, 0.717) is 6.20 Å². The molecule has 4 nitrogen and oxygen atoms in total. The molecular formula is C6H2BrF3N2O2. The van der Waals surface area contributed by atoms with Gasteiger partial charge in [0.25, 0.3) is 6.43 Å². The first-order valence-corrected chi connectivity index (χ1v) is 4.01. The van der Waals surface area contributed by atoms with Crippen LogP contribution in [0.15, 0.2) is 10.7 Å². The molecule has 0 saturated carbocycles. The van der Waals surface area contributed by atoms with Crippen LogP contribution in [-0.2, 0) is 0 Å². The molecule has 0 bridgehead atoms. The molecule has 0 atom stereocenters. The Morgan fingerprint density at radius 1 is 1.57 bits per heavy atom. The summed E-state index contributed by atoms with van der Waals surface area (Å²) in [6.45, 7) is 0. The zero-order chi connectivity index (χ0) is 10.9. The maximum Gasteiger partial charge on any atom is 0.373 e. The van der Waals surface area contributed by atoms with Crippen LogP contribution in [0.5, 0.6) is 0 Å². The Morgan fingerprint density at radius 3 is 2.57 bits per heavy atom. The van der Waals surface area contributed by atoms with Crippen molar-refractivity contribution in [2.24, 2.45) is 0 Å². The highest BCUT2D eigenvalue weighted by molar-refractivity contribution is 9.10. The van der Waals surface area contributed by atoms with Crippen LogP contribution < -0.4 is 0 Å². The maximum atomic E-state index is 12.7. The lowest BCUT2D eigenvalue weighted by Gasteiger charge is -2.03. The summed E-state index contributed by atoms with van der Waals surface area (Å²) in [5.74, 6) is -2.11. The second-order valence-electron chi connectivity index (χ2n) is 2.22. The van der Waals surface area contributed by atoms with E-state index in [1.807, 2.05) is 0 Å². The molecule has 0 unspecified atom stereocenters. The SMILES string of the molecule is O=[N+]([O-])c1ncc(F)c(Br)c1C(F)F. The lowest BCUT2D eigenvalue weighted by molar-refractivity contribution is -0.391. The third-order valence-corrected chi connectivity index (χ3v) is 2.18. The van der Waals surface area contributed by atoms with E-state index in [4.69, 9.17) is 0 Å². The summed E-state index contributed by atoms with van der Waals surface area (Å²) in [6.07, 6.45) is -2.65. The Kier molecular flexibility index (Phi) is 3.04. The van der Waals surface area contributed by atoms with E-state index < -0.39 is 33.0 Å². The topological polar surface area (TPSA) is 56.0 Å². The summed E-state index contributed by atoms with van der Waals surface area (Å²) in [5, 5.41) is 10.3. The van der Waals surface area contributed by atoms with E-state index in [1.165, 1.54) is 0 Å². The molecule has 1 heterocycles. The van der Waals surface area contributed by atoms with Gasteiger partial charge in [-0.05, 0) is 25.8 Å². The van der Waals surface area contributed by atoms with Gasteiger partial charge in [0.2, 0.25) is 0 Å². The van der Waals surface area contributed by atoms with Crippen LogP contribution in [0.25, 0.3) is 0 Å². The molecule has 0 aliphatic rings. The molecule has 1 aromatic heterocycles. The average molecular weight is 271 g/mol. The molecule has 1 aromatic rings. The molecule has 0 aliphatic carbocycles. The van der Waals surface area contributed by atoms with Crippen molar-refractivity contribution < 1.29 is 18.1 Å². The summed E-state index contributed by atoms with van der Waals surface area (Å²) in [7, 11) is 0. The average Bonchev–Trinajstić information content (AvgIpc) is 2.08. The second kappa shape index (κ2) is 3.91. The van der Waals surface area contributed by atoms with Gasteiger partial charge in [-0.15, -0.1) is 0 Å². The van der Waals surface area contributed by atoms with Crippen molar-refractivity contribution in [2.75, 3.05) is 0 Å². The van der Waals surface area contributed by atoms with Gasteiger partial charge in [-0.1, -0.05) is 0 Å². The minimum Gasteiger partial charge on any atom is -0.358 e. The zero-order valence-electron chi connectivity index (χ0n) is 6.38. The molecule has 0 saturated heterocycles. The third kappa shape index (κ3) is 1.84. The predicted molar refractivity (Wildman–Crippen MR) is 43.5 cm³/mol. The van der Waals surface area contributed by atoms with Crippen LogP contribution in [-0.4, -0.2) is 9.91 Å². The van der Waals surface area contributed by atoms with E-state index in [9.17, 15) is 23.3 Å². The number of alkyl halides is 2.